The summed E-state index contributed by atoms with van der Waals surface area (Å²) in [6.07, 6.45) is 1.05. The summed E-state index contributed by atoms with van der Waals surface area (Å²) >= 11 is 5.87. The Bertz CT molecular complexity index is 1260. The standard InChI is InChI=1S/C21H21ClN4O4S/c1-14-10-19(27)25-21(23-14)16-4-3-5-18(11-16)24-20(28)13-26(31(2,29)30)12-15-6-8-17(22)9-7-15/h3-11H,12-13H2,1-2H3,(H,24,28)(H,23,25,27). The number of amides is 1. The van der Waals surface area contributed by atoms with Crippen LogP contribution in [0.15, 0.2) is 59.4 Å². The lowest BCUT2D eigenvalue weighted by atomic mass is 10.2. The van der Waals surface area contributed by atoms with Gasteiger partial charge in [0.05, 0.1) is 12.8 Å². The molecule has 0 atom stereocenters. The molecule has 1 amide bonds. The SMILES string of the molecule is Cc1cc(=O)[nH]c(-c2cccc(NC(=O)CN(Cc3ccc(Cl)cc3)S(C)(=O)=O)c2)n1. The summed E-state index contributed by atoms with van der Waals surface area (Å²) in [7, 11) is -3.63. The summed E-state index contributed by atoms with van der Waals surface area (Å²) < 4.78 is 25.4. The van der Waals surface area contributed by atoms with Gasteiger partial charge in [0.2, 0.25) is 15.9 Å². The third-order valence-electron chi connectivity index (χ3n) is 4.35. The minimum atomic E-state index is -3.63. The lowest BCUT2D eigenvalue weighted by Gasteiger charge is -2.19. The average molecular weight is 461 g/mol. The summed E-state index contributed by atoms with van der Waals surface area (Å²) in [5.41, 5.74) is 2.06. The molecule has 10 heteroatoms. The van der Waals surface area contributed by atoms with E-state index in [4.69, 9.17) is 11.6 Å². The molecule has 3 aromatic rings. The Morgan fingerprint density at radius 3 is 2.52 bits per heavy atom. The molecule has 8 nitrogen and oxygen atoms in total. The van der Waals surface area contributed by atoms with E-state index in [0.717, 1.165) is 10.6 Å². The highest BCUT2D eigenvalue weighted by Crippen LogP contribution is 2.19. The van der Waals surface area contributed by atoms with Gasteiger partial charge in [-0.1, -0.05) is 35.9 Å². The number of hydrogen-bond acceptors (Lipinski definition) is 5. The smallest absolute Gasteiger partial charge is 0.251 e. The van der Waals surface area contributed by atoms with Crippen molar-refractivity contribution in [1.29, 1.82) is 0 Å². The molecule has 0 aliphatic heterocycles. The monoisotopic (exact) mass is 460 g/mol. The summed E-state index contributed by atoms with van der Waals surface area (Å²) in [6.45, 7) is 1.40. The summed E-state index contributed by atoms with van der Waals surface area (Å²) in [6, 6.07) is 14.9. The van der Waals surface area contributed by atoms with E-state index >= 15 is 0 Å². The minimum Gasteiger partial charge on any atom is -0.325 e. The number of sulfonamides is 1. The Kier molecular flexibility index (Phi) is 6.89. The van der Waals surface area contributed by atoms with E-state index < -0.39 is 15.9 Å². The topological polar surface area (TPSA) is 112 Å². The van der Waals surface area contributed by atoms with Crippen molar-refractivity contribution in [3.63, 3.8) is 0 Å². The zero-order valence-electron chi connectivity index (χ0n) is 16.9. The predicted octanol–water partition coefficient (Wildman–Crippen LogP) is 2.80. The maximum absolute atomic E-state index is 12.6. The van der Waals surface area contributed by atoms with Gasteiger partial charge in [0, 0.05) is 34.6 Å². The quantitative estimate of drug-likeness (QED) is 0.563. The van der Waals surface area contributed by atoms with Crippen LogP contribution in [0.25, 0.3) is 11.4 Å². The van der Waals surface area contributed by atoms with Crippen LogP contribution in [0.3, 0.4) is 0 Å². The molecule has 2 aromatic carbocycles. The van der Waals surface area contributed by atoms with Gasteiger partial charge >= 0.3 is 0 Å². The molecule has 31 heavy (non-hydrogen) atoms. The molecule has 0 aliphatic rings. The van der Waals surface area contributed by atoms with E-state index in [1.807, 2.05) is 0 Å². The van der Waals surface area contributed by atoms with Crippen molar-refractivity contribution in [3.8, 4) is 11.4 Å². The van der Waals surface area contributed by atoms with Gasteiger partial charge < -0.3 is 10.3 Å². The summed E-state index contributed by atoms with van der Waals surface area (Å²) in [4.78, 5) is 31.2. The number of carbonyl (C=O) groups excluding carboxylic acids is 1. The van der Waals surface area contributed by atoms with E-state index in [9.17, 15) is 18.0 Å². The van der Waals surface area contributed by atoms with Crippen molar-refractivity contribution in [3.05, 3.63) is 81.2 Å². The van der Waals surface area contributed by atoms with Crippen LogP contribution in [0.4, 0.5) is 5.69 Å². The molecule has 162 valence electrons. The number of carbonyl (C=O) groups is 1. The molecule has 0 spiro atoms. The van der Waals surface area contributed by atoms with Crippen LogP contribution in [0.1, 0.15) is 11.3 Å². The number of H-pyrrole nitrogens is 1. The number of benzene rings is 2. The first kappa shape index (κ1) is 22.7. The zero-order valence-corrected chi connectivity index (χ0v) is 18.5. The number of hydrogen-bond donors (Lipinski definition) is 2. The number of halogens is 1. The van der Waals surface area contributed by atoms with Gasteiger partial charge in [-0.05, 0) is 36.8 Å². The number of aromatic amines is 1. The number of nitrogens with zero attached hydrogens (tertiary/aromatic N) is 2. The first-order chi connectivity index (χ1) is 14.6. The van der Waals surface area contributed by atoms with E-state index in [0.29, 0.717) is 33.4 Å². The molecule has 2 N–H and O–H groups in total. The highest BCUT2D eigenvalue weighted by Gasteiger charge is 2.21. The molecule has 0 radical (unpaired) electrons. The fraction of sp³-hybridized carbons (Fsp3) is 0.190. The van der Waals surface area contributed by atoms with Gasteiger partial charge in [0.25, 0.3) is 5.56 Å². The molecule has 0 unspecified atom stereocenters. The van der Waals surface area contributed by atoms with Crippen LogP contribution in [0.2, 0.25) is 5.02 Å². The van der Waals surface area contributed by atoms with Crippen LogP contribution < -0.4 is 10.9 Å². The largest absolute Gasteiger partial charge is 0.325 e. The second kappa shape index (κ2) is 9.42. The number of anilines is 1. The molecule has 0 bridgehead atoms. The highest BCUT2D eigenvalue weighted by atomic mass is 35.5. The molecule has 1 heterocycles. The third kappa shape index (κ3) is 6.48. The van der Waals surface area contributed by atoms with Crippen LogP contribution in [0.5, 0.6) is 0 Å². The second-order valence-electron chi connectivity index (χ2n) is 7.02. The fourth-order valence-corrected chi connectivity index (χ4v) is 3.77. The molecule has 0 aliphatic carbocycles. The zero-order chi connectivity index (χ0) is 22.6. The molecular weight excluding hydrogens is 440 g/mol. The average Bonchev–Trinajstić information content (AvgIpc) is 2.68. The van der Waals surface area contributed by atoms with Crippen LogP contribution in [-0.2, 0) is 21.4 Å². The van der Waals surface area contributed by atoms with Crippen LogP contribution >= 0.6 is 11.6 Å². The maximum Gasteiger partial charge on any atom is 0.251 e. The van der Waals surface area contributed by atoms with Gasteiger partial charge in [-0.2, -0.15) is 4.31 Å². The first-order valence-corrected chi connectivity index (χ1v) is 11.5. The molecule has 0 saturated heterocycles. The van der Waals surface area contributed by atoms with E-state index in [-0.39, 0.29) is 18.6 Å². The van der Waals surface area contributed by atoms with Crippen molar-refractivity contribution >= 4 is 33.2 Å². The van der Waals surface area contributed by atoms with Gasteiger partial charge in [-0.15, -0.1) is 0 Å². The summed E-state index contributed by atoms with van der Waals surface area (Å²) in [5.74, 6) is -0.121. The molecular formula is C21H21ClN4O4S. The normalized spacial score (nSPS) is 11.5. The highest BCUT2D eigenvalue weighted by molar-refractivity contribution is 7.88. The lowest BCUT2D eigenvalue weighted by molar-refractivity contribution is -0.116. The Hall–Kier alpha value is -3.01. The number of aromatic nitrogens is 2. The Morgan fingerprint density at radius 2 is 1.87 bits per heavy atom. The molecule has 3 rings (SSSR count). The second-order valence-corrected chi connectivity index (χ2v) is 9.44. The molecule has 1 aromatic heterocycles. The van der Waals surface area contributed by atoms with Crippen molar-refractivity contribution in [2.75, 3.05) is 18.1 Å². The van der Waals surface area contributed by atoms with Crippen LogP contribution in [0, 0.1) is 6.92 Å². The number of nitrogens with one attached hydrogen (secondary N) is 2. The van der Waals surface area contributed by atoms with E-state index in [1.54, 1.807) is 55.5 Å². The minimum absolute atomic E-state index is 0.0396. The Balaban J connectivity index is 1.75. The lowest BCUT2D eigenvalue weighted by Crippen LogP contribution is -2.36. The van der Waals surface area contributed by atoms with E-state index in [2.05, 4.69) is 15.3 Å². The molecule has 0 saturated carbocycles. The first-order valence-electron chi connectivity index (χ1n) is 9.28. The maximum atomic E-state index is 12.6. The number of rotatable bonds is 7. The molecule has 0 fully saturated rings. The van der Waals surface area contributed by atoms with Crippen molar-refractivity contribution in [1.82, 2.24) is 14.3 Å². The fourth-order valence-electron chi connectivity index (χ4n) is 2.90. The third-order valence-corrected chi connectivity index (χ3v) is 5.80. The number of aryl methyl sites for hydroxylation is 1. The van der Waals surface area contributed by atoms with Crippen LogP contribution in [-0.4, -0.2) is 41.4 Å². The summed E-state index contributed by atoms with van der Waals surface area (Å²) in [5, 5.41) is 3.23. The van der Waals surface area contributed by atoms with Crippen molar-refractivity contribution in [2.45, 2.75) is 13.5 Å². The predicted molar refractivity (Wildman–Crippen MR) is 120 cm³/mol. The van der Waals surface area contributed by atoms with Gasteiger partial charge in [-0.25, -0.2) is 13.4 Å². The van der Waals surface area contributed by atoms with E-state index in [1.165, 1.54) is 6.07 Å². The Morgan fingerprint density at radius 1 is 1.16 bits per heavy atom. The van der Waals surface area contributed by atoms with Gasteiger partial charge in [-0.3, -0.25) is 9.59 Å². The van der Waals surface area contributed by atoms with Gasteiger partial charge in [0.15, 0.2) is 0 Å². The Labute approximate surface area is 185 Å². The van der Waals surface area contributed by atoms with Crippen molar-refractivity contribution in [2.24, 2.45) is 0 Å². The van der Waals surface area contributed by atoms with Gasteiger partial charge in [0.1, 0.15) is 5.82 Å². The van der Waals surface area contributed by atoms with Crippen molar-refractivity contribution < 1.29 is 13.2 Å².